The lowest BCUT2D eigenvalue weighted by molar-refractivity contribution is -0.152. The quantitative estimate of drug-likeness (QED) is 0.702. The lowest BCUT2D eigenvalue weighted by Gasteiger charge is -2.33. The van der Waals surface area contributed by atoms with Crippen LogP contribution in [0.25, 0.3) is 0 Å². The van der Waals surface area contributed by atoms with Crippen LogP contribution in [0.4, 0.5) is 0 Å². The van der Waals surface area contributed by atoms with Gasteiger partial charge in [-0.2, -0.15) is 4.31 Å². The van der Waals surface area contributed by atoms with E-state index in [0.717, 1.165) is 6.42 Å². The molecular weight excluding hydrogens is 392 g/mol. The highest BCUT2D eigenvalue weighted by molar-refractivity contribution is 7.89. The van der Waals surface area contributed by atoms with E-state index in [0.29, 0.717) is 30.8 Å². The fourth-order valence-corrected chi connectivity index (χ4v) is 5.34. The molecule has 0 N–H and O–H groups in total. The van der Waals surface area contributed by atoms with Crippen LogP contribution in [0.3, 0.4) is 0 Å². The standard InChI is InChI=1S/C18H23ClN2O5S/c1-26-18(23)16-3-2-10-21(16)17(22)13-8-11-20(12-9-13)27(24,25)15-6-4-14(19)5-7-15/h4-7,13,16H,2-3,8-12H2,1H3. The molecule has 2 aliphatic heterocycles. The van der Waals surface area contributed by atoms with Crippen LogP contribution in [-0.2, 0) is 24.3 Å². The van der Waals surface area contributed by atoms with Gasteiger partial charge in [0.25, 0.3) is 0 Å². The summed E-state index contributed by atoms with van der Waals surface area (Å²) in [6.07, 6.45) is 2.27. The molecule has 0 spiro atoms. The number of likely N-dealkylation sites (tertiary alicyclic amines) is 1. The molecule has 2 aliphatic rings. The maximum absolute atomic E-state index is 12.8. The SMILES string of the molecule is COC(=O)C1CCCN1C(=O)C1CCN(S(=O)(=O)c2ccc(Cl)cc2)CC1. The number of esters is 1. The number of hydrogen-bond donors (Lipinski definition) is 0. The molecule has 2 saturated heterocycles. The predicted octanol–water partition coefficient (Wildman–Crippen LogP) is 1.90. The van der Waals surface area contributed by atoms with Crippen molar-refractivity contribution < 1.29 is 22.7 Å². The first-order chi connectivity index (χ1) is 12.8. The lowest BCUT2D eigenvalue weighted by atomic mass is 9.96. The molecule has 0 aliphatic carbocycles. The number of rotatable bonds is 4. The summed E-state index contributed by atoms with van der Waals surface area (Å²) in [6.45, 7) is 1.10. The fraction of sp³-hybridized carbons (Fsp3) is 0.556. The van der Waals surface area contributed by atoms with Crippen molar-refractivity contribution in [1.82, 2.24) is 9.21 Å². The number of nitrogens with zero attached hydrogens (tertiary/aromatic N) is 2. The van der Waals surface area contributed by atoms with E-state index in [1.54, 1.807) is 17.0 Å². The zero-order chi connectivity index (χ0) is 19.6. The Morgan fingerprint density at radius 2 is 1.70 bits per heavy atom. The first-order valence-corrected chi connectivity index (χ1v) is 10.8. The van der Waals surface area contributed by atoms with Crippen LogP contribution in [0, 0.1) is 5.92 Å². The van der Waals surface area contributed by atoms with Crippen LogP contribution >= 0.6 is 11.6 Å². The molecular formula is C18H23ClN2O5S. The molecule has 1 atom stereocenters. The number of ether oxygens (including phenoxy) is 1. The second-order valence-electron chi connectivity index (χ2n) is 6.85. The smallest absolute Gasteiger partial charge is 0.328 e. The Morgan fingerprint density at radius 1 is 1.07 bits per heavy atom. The third kappa shape index (κ3) is 4.12. The van der Waals surface area contributed by atoms with Gasteiger partial charge >= 0.3 is 5.97 Å². The van der Waals surface area contributed by atoms with Crippen molar-refractivity contribution in [1.29, 1.82) is 0 Å². The van der Waals surface area contributed by atoms with Gasteiger partial charge in [-0.1, -0.05) is 11.6 Å². The van der Waals surface area contributed by atoms with Gasteiger partial charge in [-0.3, -0.25) is 4.79 Å². The second kappa shape index (κ2) is 8.16. The Hall–Kier alpha value is -1.64. The number of carbonyl (C=O) groups excluding carboxylic acids is 2. The van der Waals surface area contributed by atoms with E-state index in [1.807, 2.05) is 0 Å². The van der Waals surface area contributed by atoms with E-state index in [1.165, 1.54) is 23.5 Å². The van der Waals surface area contributed by atoms with Gasteiger partial charge in [0.05, 0.1) is 12.0 Å². The molecule has 1 aromatic carbocycles. The molecule has 9 heteroatoms. The molecule has 0 saturated carbocycles. The monoisotopic (exact) mass is 414 g/mol. The van der Waals surface area contributed by atoms with E-state index < -0.39 is 16.1 Å². The molecule has 1 unspecified atom stereocenters. The van der Waals surface area contributed by atoms with Crippen LogP contribution in [0.15, 0.2) is 29.2 Å². The summed E-state index contributed by atoms with van der Waals surface area (Å²) in [5.74, 6) is -0.734. The van der Waals surface area contributed by atoms with E-state index in [2.05, 4.69) is 0 Å². The van der Waals surface area contributed by atoms with Crippen molar-refractivity contribution in [3.8, 4) is 0 Å². The zero-order valence-electron chi connectivity index (χ0n) is 15.1. The van der Waals surface area contributed by atoms with Gasteiger partial charge in [0, 0.05) is 30.6 Å². The van der Waals surface area contributed by atoms with Crippen LogP contribution in [0.2, 0.25) is 5.02 Å². The van der Waals surface area contributed by atoms with E-state index in [-0.39, 0.29) is 35.8 Å². The van der Waals surface area contributed by atoms with Crippen molar-refractivity contribution in [3.63, 3.8) is 0 Å². The fourth-order valence-electron chi connectivity index (χ4n) is 3.74. The van der Waals surface area contributed by atoms with Crippen LogP contribution in [0.1, 0.15) is 25.7 Å². The summed E-state index contributed by atoms with van der Waals surface area (Å²) in [4.78, 5) is 26.5. The molecule has 0 radical (unpaired) electrons. The second-order valence-corrected chi connectivity index (χ2v) is 9.22. The summed E-state index contributed by atoms with van der Waals surface area (Å²) in [5, 5.41) is 0.476. The molecule has 148 valence electrons. The summed E-state index contributed by atoms with van der Waals surface area (Å²) in [5.41, 5.74) is 0. The number of benzene rings is 1. The first-order valence-electron chi connectivity index (χ1n) is 8.98. The third-order valence-corrected chi connectivity index (χ3v) is 7.43. The minimum Gasteiger partial charge on any atom is -0.467 e. The van der Waals surface area contributed by atoms with Crippen LogP contribution in [0.5, 0.6) is 0 Å². The van der Waals surface area contributed by atoms with Crippen LogP contribution < -0.4 is 0 Å². The maximum Gasteiger partial charge on any atom is 0.328 e. The maximum atomic E-state index is 12.8. The van der Waals surface area contributed by atoms with Crippen molar-refractivity contribution in [2.24, 2.45) is 5.92 Å². The molecule has 1 amide bonds. The molecule has 1 aromatic rings. The van der Waals surface area contributed by atoms with E-state index >= 15 is 0 Å². The molecule has 2 heterocycles. The summed E-state index contributed by atoms with van der Waals surface area (Å²) < 4.78 is 31.7. The van der Waals surface area contributed by atoms with Crippen LogP contribution in [-0.4, -0.2) is 62.3 Å². The molecule has 2 fully saturated rings. The minimum atomic E-state index is -3.60. The topological polar surface area (TPSA) is 84.0 Å². The Bertz CT molecular complexity index is 804. The van der Waals surface area contributed by atoms with Crippen molar-refractivity contribution in [2.75, 3.05) is 26.7 Å². The number of piperidine rings is 1. The number of amides is 1. The predicted molar refractivity (Wildman–Crippen MR) is 99.7 cm³/mol. The summed E-state index contributed by atoms with van der Waals surface area (Å²) in [7, 11) is -2.28. The van der Waals surface area contributed by atoms with E-state index in [9.17, 15) is 18.0 Å². The largest absolute Gasteiger partial charge is 0.467 e. The van der Waals surface area contributed by atoms with Gasteiger partial charge in [-0.15, -0.1) is 0 Å². The molecule has 27 heavy (non-hydrogen) atoms. The number of methoxy groups -OCH3 is 1. The average molecular weight is 415 g/mol. The normalized spacial score (nSPS) is 22.0. The molecule has 0 aromatic heterocycles. The van der Waals surface area contributed by atoms with Gasteiger partial charge in [0.15, 0.2) is 0 Å². The Balaban J connectivity index is 1.64. The van der Waals surface area contributed by atoms with Gasteiger partial charge in [0.2, 0.25) is 15.9 Å². The number of hydrogen-bond acceptors (Lipinski definition) is 5. The highest BCUT2D eigenvalue weighted by Crippen LogP contribution is 2.28. The zero-order valence-corrected chi connectivity index (χ0v) is 16.7. The Labute approximate surface area is 164 Å². The third-order valence-electron chi connectivity index (χ3n) is 5.26. The van der Waals surface area contributed by atoms with E-state index in [4.69, 9.17) is 16.3 Å². The highest BCUT2D eigenvalue weighted by atomic mass is 35.5. The number of carbonyl (C=O) groups is 2. The van der Waals surface area contributed by atoms with Crippen molar-refractivity contribution >= 4 is 33.5 Å². The highest BCUT2D eigenvalue weighted by Gasteiger charge is 2.39. The Kier molecular flexibility index (Phi) is 6.08. The van der Waals surface area contributed by atoms with Gasteiger partial charge < -0.3 is 9.64 Å². The molecule has 7 nitrogen and oxygen atoms in total. The number of halogens is 1. The summed E-state index contributed by atoms with van der Waals surface area (Å²) >= 11 is 5.82. The van der Waals surface area contributed by atoms with Gasteiger partial charge in [0.1, 0.15) is 6.04 Å². The molecule has 0 bridgehead atoms. The lowest BCUT2D eigenvalue weighted by Crippen LogP contribution is -2.47. The van der Waals surface area contributed by atoms with Gasteiger partial charge in [-0.05, 0) is 49.9 Å². The Morgan fingerprint density at radius 3 is 2.30 bits per heavy atom. The number of sulfonamides is 1. The minimum absolute atomic E-state index is 0.0774. The summed E-state index contributed by atoms with van der Waals surface area (Å²) in [6, 6.07) is 5.55. The molecule has 3 rings (SSSR count). The van der Waals surface area contributed by atoms with Crippen molar-refractivity contribution in [2.45, 2.75) is 36.6 Å². The van der Waals surface area contributed by atoms with Gasteiger partial charge in [-0.25, -0.2) is 13.2 Å². The van der Waals surface area contributed by atoms with Crippen molar-refractivity contribution in [3.05, 3.63) is 29.3 Å². The average Bonchev–Trinajstić information content (AvgIpc) is 3.17. The first kappa shape index (κ1) is 20.1.